The minimum absolute atomic E-state index is 0.0299. The van der Waals surface area contributed by atoms with E-state index in [0.717, 1.165) is 41.7 Å². The molecule has 0 bridgehead atoms. The smallest absolute Gasteiger partial charge is 0.252 e. The first-order valence-electron chi connectivity index (χ1n) is 9.27. The lowest BCUT2D eigenvalue weighted by molar-refractivity contribution is 0.0912. The van der Waals surface area contributed by atoms with E-state index in [0.29, 0.717) is 11.5 Å². The predicted molar refractivity (Wildman–Crippen MR) is 101 cm³/mol. The van der Waals surface area contributed by atoms with E-state index in [1.165, 1.54) is 0 Å². The summed E-state index contributed by atoms with van der Waals surface area (Å²) in [6.45, 7) is 14.5. The van der Waals surface area contributed by atoms with Crippen LogP contribution < -0.4 is 5.32 Å². The summed E-state index contributed by atoms with van der Waals surface area (Å²) in [7, 11) is 0. The second-order valence-corrected chi connectivity index (χ2v) is 8.93. The summed E-state index contributed by atoms with van der Waals surface area (Å²) in [6, 6.07) is 1.99. The van der Waals surface area contributed by atoms with E-state index in [9.17, 15) is 4.79 Å². The fraction of sp³-hybridized carbons (Fsp3) is 0.650. The molecule has 1 fully saturated rings. The Hall–Kier alpha value is -1.91. The number of rotatable bonds is 4. The molecule has 0 spiro atoms. The van der Waals surface area contributed by atoms with E-state index >= 15 is 0 Å². The molecule has 0 aliphatic heterocycles. The number of hydrogen-bond acceptors (Lipinski definition) is 3. The maximum absolute atomic E-state index is 13.1. The van der Waals surface area contributed by atoms with E-state index in [1.54, 1.807) is 0 Å². The van der Waals surface area contributed by atoms with Crippen molar-refractivity contribution in [3.8, 4) is 0 Å². The van der Waals surface area contributed by atoms with Crippen LogP contribution in [0.15, 0.2) is 6.07 Å². The average Bonchev–Trinajstić information content (AvgIpc) is 3.29. The number of aryl methyl sites for hydroxylation is 1. The van der Waals surface area contributed by atoms with Crippen LogP contribution in [0.4, 0.5) is 0 Å². The number of carbonyl (C=O) groups is 1. The molecule has 0 aromatic carbocycles. The number of aromatic nitrogens is 3. The number of amides is 1. The van der Waals surface area contributed by atoms with E-state index in [-0.39, 0.29) is 17.0 Å². The normalized spacial score (nSPS) is 15.6. The summed E-state index contributed by atoms with van der Waals surface area (Å²) < 4.78 is 1.96. The highest BCUT2D eigenvalue weighted by Gasteiger charge is 2.31. The largest absolute Gasteiger partial charge is 0.347 e. The van der Waals surface area contributed by atoms with Gasteiger partial charge in [0, 0.05) is 17.2 Å². The molecule has 0 saturated heterocycles. The summed E-state index contributed by atoms with van der Waals surface area (Å²) in [5, 5.41) is 8.77. The number of pyridine rings is 1. The Morgan fingerprint density at radius 3 is 2.44 bits per heavy atom. The maximum Gasteiger partial charge on any atom is 0.252 e. The summed E-state index contributed by atoms with van der Waals surface area (Å²) in [5.41, 5.74) is 3.00. The number of fused-ring (bicyclic) bond motifs is 1. The number of hydrogen-bond donors (Lipinski definition) is 1. The lowest BCUT2D eigenvalue weighted by atomic mass is 10.00. The molecule has 1 amide bonds. The molecule has 5 nitrogen and oxygen atoms in total. The van der Waals surface area contributed by atoms with Gasteiger partial charge >= 0.3 is 0 Å². The van der Waals surface area contributed by atoms with Crippen LogP contribution in [-0.4, -0.2) is 26.2 Å². The van der Waals surface area contributed by atoms with Gasteiger partial charge in [0.05, 0.1) is 22.2 Å². The zero-order chi connectivity index (χ0) is 18.6. The van der Waals surface area contributed by atoms with Crippen LogP contribution in [-0.2, 0) is 5.54 Å². The predicted octanol–water partition coefficient (Wildman–Crippen LogP) is 4.29. The quantitative estimate of drug-likeness (QED) is 0.901. The molecule has 2 aromatic rings. The Morgan fingerprint density at radius 2 is 1.92 bits per heavy atom. The van der Waals surface area contributed by atoms with Gasteiger partial charge in [0.15, 0.2) is 5.65 Å². The van der Waals surface area contributed by atoms with Crippen molar-refractivity contribution < 1.29 is 4.79 Å². The topological polar surface area (TPSA) is 59.8 Å². The fourth-order valence-corrected chi connectivity index (χ4v) is 3.01. The summed E-state index contributed by atoms with van der Waals surface area (Å²) in [6.07, 6.45) is 3.19. The van der Waals surface area contributed by atoms with Crippen molar-refractivity contribution in [3.05, 3.63) is 23.0 Å². The van der Waals surface area contributed by atoms with Crippen LogP contribution in [0.2, 0.25) is 0 Å². The third-order valence-electron chi connectivity index (χ3n) is 5.04. The van der Waals surface area contributed by atoms with E-state index in [1.807, 2.05) is 17.7 Å². The van der Waals surface area contributed by atoms with Gasteiger partial charge in [0.25, 0.3) is 5.91 Å². The lowest BCUT2D eigenvalue weighted by Gasteiger charge is -2.25. The second-order valence-electron chi connectivity index (χ2n) is 8.93. The number of nitrogens with zero attached hydrogens (tertiary/aromatic N) is 3. The van der Waals surface area contributed by atoms with Crippen LogP contribution in [0, 0.1) is 6.92 Å². The van der Waals surface area contributed by atoms with Gasteiger partial charge in [-0.15, -0.1) is 0 Å². The van der Waals surface area contributed by atoms with Gasteiger partial charge in [-0.25, -0.2) is 9.67 Å². The molecule has 1 aliphatic rings. The zero-order valence-electron chi connectivity index (χ0n) is 16.5. The first-order chi connectivity index (χ1) is 11.5. The SMILES string of the molecule is CCC(C)(C)NC(=O)c1cc(C2CC2)nc2c1c(C)nn2C(C)(C)C. The molecule has 1 saturated carbocycles. The summed E-state index contributed by atoms with van der Waals surface area (Å²) in [4.78, 5) is 18.0. The van der Waals surface area contributed by atoms with E-state index in [2.05, 4.69) is 46.9 Å². The van der Waals surface area contributed by atoms with Gasteiger partial charge < -0.3 is 5.32 Å². The van der Waals surface area contributed by atoms with Crippen LogP contribution in [0.5, 0.6) is 0 Å². The molecule has 0 unspecified atom stereocenters. The molecule has 0 atom stereocenters. The van der Waals surface area contributed by atoms with Crippen molar-refractivity contribution in [1.82, 2.24) is 20.1 Å². The fourth-order valence-electron chi connectivity index (χ4n) is 3.01. The van der Waals surface area contributed by atoms with Crippen molar-refractivity contribution in [1.29, 1.82) is 0 Å². The first-order valence-corrected chi connectivity index (χ1v) is 9.27. The zero-order valence-corrected chi connectivity index (χ0v) is 16.5. The minimum Gasteiger partial charge on any atom is -0.347 e. The maximum atomic E-state index is 13.1. The average molecular weight is 342 g/mol. The van der Waals surface area contributed by atoms with Crippen LogP contribution in [0.1, 0.15) is 88.5 Å². The lowest BCUT2D eigenvalue weighted by Crippen LogP contribution is -2.42. The third-order valence-corrected chi connectivity index (χ3v) is 5.04. The monoisotopic (exact) mass is 342 g/mol. The van der Waals surface area contributed by atoms with Crippen LogP contribution in [0.3, 0.4) is 0 Å². The molecule has 136 valence electrons. The van der Waals surface area contributed by atoms with Gasteiger partial charge in [-0.05, 0) is 66.9 Å². The van der Waals surface area contributed by atoms with Crippen LogP contribution in [0.25, 0.3) is 11.0 Å². The Balaban J connectivity index is 2.20. The van der Waals surface area contributed by atoms with Crippen molar-refractivity contribution >= 4 is 16.9 Å². The van der Waals surface area contributed by atoms with Crippen LogP contribution >= 0.6 is 0 Å². The molecule has 5 heteroatoms. The summed E-state index contributed by atoms with van der Waals surface area (Å²) >= 11 is 0. The molecular weight excluding hydrogens is 312 g/mol. The van der Waals surface area contributed by atoms with E-state index in [4.69, 9.17) is 10.1 Å². The van der Waals surface area contributed by atoms with Gasteiger partial charge in [0.1, 0.15) is 0 Å². The minimum atomic E-state index is -0.236. The first kappa shape index (κ1) is 17.9. The van der Waals surface area contributed by atoms with Crippen molar-refractivity contribution in [2.45, 2.75) is 84.7 Å². The molecule has 3 rings (SSSR count). The molecule has 1 aliphatic carbocycles. The van der Waals surface area contributed by atoms with E-state index < -0.39 is 0 Å². The number of nitrogens with one attached hydrogen (secondary N) is 1. The highest BCUT2D eigenvalue weighted by atomic mass is 16.1. The third kappa shape index (κ3) is 3.42. The molecular formula is C20H30N4O. The Bertz CT molecular complexity index is 822. The second kappa shape index (κ2) is 5.82. The van der Waals surface area contributed by atoms with Gasteiger partial charge in [-0.1, -0.05) is 6.92 Å². The molecule has 25 heavy (non-hydrogen) atoms. The highest BCUT2D eigenvalue weighted by molar-refractivity contribution is 6.07. The molecule has 2 heterocycles. The Kier molecular flexibility index (Phi) is 4.17. The van der Waals surface area contributed by atoms with Crippen molar-refractivity contribution in [3.63, 3.8) is 0 Å². The Labute approximate surface area is 150 Å². The molecule has 0 radical (unpaired) electrons. The highest BCUT2D eigenvalue weighted by Crippen LogP contribution is 2.41. The van der Waals surface area contributed by atoms with Gasteiger partial charge in [0.2, 0.25) is 0 Å². The van der Waals surface area contributed by atoms with Crippen molar-refractivity contribution in [2.75, 3.05) is 0 Å². The van der Waals surface area contributed by atoms with Crippen molar-refractivity contribution in [2.24, 2.45) is 0 Å². The Morgan fingerprint density at radius 1 is 1.28 bits per heavy atom. The van der Waals surface area contributed by atoms with Gasteiger partial charge in [-0.3, -0.25) is 4.79 Å². The molecule has 1 N–H and O–H groups in total. The van der Waals surface area contributed by atoms with Gasteiger partial charge in [-0.2, -0.15) is 5.10 Å². The summed E-state index contributed by atoms with van der Waals surface area (Å²) in [5.74, 6) is 0.455. The molecule has 2 aromatic heterocycles. The number of carbonyl (C=O) groups excluding carboxylic acids is 1. The standard InChI is InChI=1S/C20H30N4O/c1-8-20(6,7)22-18(25)14-11-15(13-9-10-13)21-17-16(14)12(2)23-24(17)19(3,4)5/h11,13H,8-10H2,1-7H3,(H,22,25).